The zero-order valence-corrected chi connectivity index (χ0v) is 12.1. The molecule has 0 bridgehead atoms. The summed E-state index contributed by atoms with van der Waals surface area (Å²) in [6, 6.07) is 16.3. The Hall–Kier alpha value is -1.80. The highest BCUT2D eigenvalue weighted by atomic mass is 16.5. The first kappa shape index (κ1) is 12.9. The first-order chi connectivity index (χ1) is 10.3. The first-order valence-electron chi connectivity index (χ1n) is 7.84. The number of rotatable bonds is 3. The van der Waals surface area contributed by atoms with Crippen molar-refractivity contribution in [1.29, 1.82) is 0 Å². The monoisotopic (exact) mass is 280 g/mol. The second-order valence-electron chi connectivity index (χ2n) is 6.21. The Balaban J connectivity index is 1.68. The Morgan fingerprint density at radius 3 is 2.52 bits per heavy atom. The molecule has 2 aromatic carbocycles. The van der Waals surface area contributed by atoms with Crippen LogP contribution in [0.1, 0.15) is 42.4 Å². The van der Waals surface area contributed by atoms with Crippen molar-refractivity contribution in [3.63, 3.8) is 0 Å². The summed E-state index contributed by atoms with van der Waals surface area (Å²) >= 11 is 0. The smallest absolute Gasteiger partial charge is 0.119 e. The molecule has 0 amide bonds. The van der Waals surface area contributed by atoms with E-state index in [1.54, 1.807) is 0 Å². The lowest BCUT2D eigenvalue weighted by Crippen LogP contribution is -2.31. The average Bonchev–Trinajstić information content (AvgIpc) is 3.32. The van der Waals surface area contributed by atoms with Crippen molar-refractivity contribution in [3.8, 4) is 5.75 Å². The molecule has 1 unspecified atom stereocenters. The Kier molecular flexibility index (Phi) is 3.00. The number of benzene rings is 2. The SMILES string of the molecule is OC1(c2ccc(OC3CC3)cc2)CCCc2ccccc21. The Morgan fingerprint density at radius 2 is 1.76 bits per heavy atom. The minimum atomic E-state index is -0.854. The predicted octanol–water partition coefficient (Wildman–Crippen LogP) is 3.80. The van der Waals surface area contributed by atoms with Crippen LogP contribution in [0, 0.1) is 0 Å². The molecule has 1 atom stereocenters. The minimum Gasteiger partial charge on any atom is -0.490 e. The summed E-state index contributed by atoms with van der Waals surface area (Å²) in [6.45, 7) is 0. The largest absolute Gasteiger partial charge is 0.490 e. The summed E-state index contributed by atoms with van der Waals surface area (Å²) < 4.78 is 5.79. The van der Waals surface area contributed by atoms with Gasteiger partial charge in [-0.3, -0.25) is 0 Å². The normalized spacial score (nSPS) is 24.4. The van der Waals surface area contributed by atoms with E-state index in [0.29, 0.717) is 6.10 Å². The summed E-state index contributed by atoms with van der Waals surface area (Å²) in [4.78, 5) is 0. The van der Waals surface area contributed by atoms with Crippen molar-refractivity contribution in [2.75, 3.05) is 0 Å². The number of ether oxygens (including phenoxy) is 1. The fourth-order valence-corrected chi connectivity index (χ4v) is 3.30. The molecule has 2 aromatic rings. The van der Waals surface area contributed by atoms with Crippen LogP contribution in [-0.4, -0.2) is 11.2 Å². The van der Waals surface area contributed by atoms with Gasteiger partial charge in [0.1, 0.15) is 11.4 Å². The number of aliphatic hydroxyl groups is 1. The lowest BCUT2D eigenvalue weighted by molar-refractivity contribution is 0.0615. The highest BCUT2D eigenvalue weighted by Crippen LogP contribution is 2.41. The van der Waals surface area contributed by atoms with Crippen LogP contribution in [0.5, 0.6) is 5.75 Å². The van der Waals surface area contributed by atoms with E-state index in [1.807, 2.05) is 30.3 Å². The Bertz CT molecular complexity index is 643. The van der Waals surface area contributed by atoms with E-state index in [4.69, 9.17) is 4.74 Å². The zero-order chi connectivity index (χ0) is 14.3. The lowest BCUT2D eigenvalue weighted by atomic mass is 9.75. The van der Waals surface area contributed by atoms with Crippen LogP contribution < -0.4 is 4.74 Å². The molecule has 0 aromatic heterocycles. The van der Waals surface area contributed by atoms with Gasteiger partial charge in [0.2, 0.25) is 0 Å². The second-order valence-corrected chi connectivity index (χ2v) is 6.21. The molecule has 2 aliphatic carbocycles. The van der Waals surface area contributed by atoms with Gasteiger partial charge in [-0.25, -0.2) is 0 Å². The van der Waals surface area contributed by atoms with Gasteiger partial charge in [0.05, 0.1) is 6.10 Å². The van der Waals surface area contributed by atoms with Gasteiger partial charge in [0.25, 0.3) is 0 Å². The van der Waals surface area contributed by atoms with Crippen LogP contribution in [0.4, 0.5) is 0 Å². The lowest BCUT2D eigenvalue weighted by Gasteiger charge is -2.35. The average molecular weight is 280 g/mol. The van der Waals surface area contributed by atoms with Gasteiger partial charge < -0.3 is 9.84 Å². The molecular formula is C19H20O2. The molecular weight excluding hydrogens is 260 g/mol. The van der Waals surface area contributed by atoms with E-state index in [9.17, 15) is 5.11 Å². The third-order valence-electron chi connectivity index (χ3n) is 4.61. The van der Waals surface area contributed by atoms with Crippen molar-refractivity contribution in [2.45, 2.75) is 43.8 Å². The van der Waals surface area contributed by atoms with Crippen molar-refractivity contribution in [3.05, 3.63) is 65.2 Å². The van der Waals surface area contributed by atoms with Crippen LogP contribution in [0.15, 0.2) is 48.5 Å². The summed E-state index contributed by atoms with van der Waals surface area (Å²) in [7, 11) is 0. The van der Waals surface area contributed by atoms with Crippen LogP contribution in [0.2, 0.25) is 0 Å². The van der Waals surface area contributed by atoms with Crippen molar-refractivity contribution in [1.82, 2.24) is 0 Å². The maximum Gasteiger partial charge on any atom is 0.119 e. The van der Waals surface area contributed by atoms with Crippen LogP contribution in [0.25, 0.3) is 0 Å². The fraction of sp³-hybridized carbons (Fsp3) is 0.368. The van der Waals surface area contributed by atoms with Crippen LogP contribution in [0.3, 0.4) is 0 Å². The maximum absolute atomic E-state index is 11.2. The van der Waals surface area contributed by atoms with Crippen molar-refractivity contribution in [2.24, 2.45) is 0 Å². The van der Waals surface area contributed by atoms with E-state index in [2.05, 4.69) is 18.2 Å². The molecule has 4 rings (SSSR count). The van der Waals surface area contributed by atoms with Crippen LogP contribution >= 0.6 is 0 Å². The molecule has 0 saturated heterocycles. The third kappa shape index (κ3) is 2.34. The molecule has 0 spiro atoms. The van der Waals surface area contributed by atoms with E-state index >= 15 is 0 Å². The quantitative estimate of drug-likeness (QED) is 0.926. The van der Waals surface area contributed by atoms with Gasteiger partial charge in [0.15, 0.2) is 0 Å². The maximum atomic E-state index is 11.2. The molecule has 0 heterocycles. The van der Waals surface area contributed by atoms with E-state index in [0.717, 1.165) is 36.1 Å². The van der Waals surface area contributed by atoms with Gasteiger partial charge in [-0.15, -0.1) is 0 Å². The van der Waals surface area contributed by atoms with E-state index in [-0.39, 0.29) is 0 Å². The van der Waals surface area contributed by atoms with Crippen LogP contribution in [-0.2, 0) is 12.0 Å². The summed E-state index contributed by atoms with van der Waals surface area (Å²) in [5.41, 5.74) is 2.45. The van der Waals surface area contributed by atoms with Gasteiger partial charge in [-0.05, 0) is 60.9 Å². The number of fused-ring (bicyclic) bond motifs is 1. The molecule has 1 saturated carbocycles. The van der Waals surface area contributed by atoms with Gasteiger partial charge in [0, 0.05) is 0 Å². The second kappa shape index (κ2) is 4.88. The highest BCUT2D eigenvalue weighted by molar-refractivity contribution is 5.44. The molecule has 1 fully saturated rings. The highest BCUT2D eigenvalue weighted by Gasteiger charge is 2.35. The van der Waals surface area contributed by atoms with E-state index in [1.165, 1.54) is 18.4 Å². The van der Waals surface area contributed by atoms with Gasteiger partial charge in [-0.1, -0.05) is 36.4 Å². The number of hydrogen-bond acceptors (Lipinski definition) is 2. The standard InChI is InChI=1S/C19H20O2/c20-19(13-3-5-14-4-1-2-6-18(14)19)15-7-9-16(10-8-15)21-17-11-12-17/h1-2,4,6-10,17,20H,3,5,11-13H2. The molecule has 108 valence electrons. The Labute approximate surface area is 125 Å². The molecule has 1 N–H and O–H groups in total. The van der Waals surface area contributed by atoms with Gasteiger partial charge in [-0.2, -0.15) is 0 Å². The minimum absolute atomic E-state index is 0.411. The summed E-state index contributed by atoms with van der Waals surface area (Å²) in [5.74, 6) is 0.911. The van der Waals surface area contributed by atoms with Crippen molar-refractivity contribution >= 4 is 0 Å². The zero-order valence-electron chi connectivity index (χ0n) is 12.1. The van der Waals surface area contributed by atoms with E-state index < -0.39 is 5.60 Å². The fourth-order valence-electron chi connectivity index (χ4n) is 3.30. The number of aryl methyl sites for hydroxylation is 1. The number of hydrogen-bond donors (Lipinski definition) is 1. The summed E-state index contributed by atoms with van der Waals surface area (Å²) in [5, 5.41) is 11.2. The third-order valence-corrected chi connectivity index (χ3v) is 4.61. The van der Waals surface area contributed by atoms with Gasteiger partial charge >= 0.3 is 0 Å². The molecule has 2 aliphatic rings. The molecule has 2 heteroatoms. The molecule has 0 aliphatic heterocycles. The molecule has 0 radical (unpaired) electrons. The predicted molar refractivity (Wildman–Crippen MR) is 82.5 cm³/mol. The molecule has 2 nitrogen and oxygen atoms in total. The summed E-state index contributed by atoms with van der Waals surface area (Å²) in [6.07, 6.45) is 5.61. The first-order valence-corrected chi connectivity index (χ1v) is 7.84. The molecule has 21 heavy (non-hydrogen) atoms. The topological polar surface area (TPSA) is 29.5 Å². The van der Waals surface area contributed by atoms with Crippen molar-refractivity contribution < 1.29 is 9.84 Å². The Morgan fingerprint density at radius 1 is 1.00 bits per heavy atom.